The molecule has 0 spiro atoms. The second-order valence-corrected chi connectivity index (χ2v) is 8.78. The highest BCUT2D eigenvalue weighted by atomic mass is 19.1. The molecule has 0 bridgehead atoms. The predicted octanol–water partition coefficient (Wildman–Crippen LogP) is 1.92. The van der Waals surface area contributed by atoms with E-state index in [2.05, 4.69) is 15.4 Å². The summed E-state index contributed by atoms with van der Waals surface area (Å²) in [6, 6.07) is 2.69. The molecule has 1 amide bonds. The molecule has 0 aromatic carbocycles. The summed E-state index contributed by atoms with van der Waals surface area (Å²) in [6.07, 6.45) is 2.66. The molecule has 3 aromatic heterocycles. The van der Waals surface area contributed by atoms with Gasteiger partial charge >= 0.3 is 0 Å². The van der Waals surface area contributed by atoms with Gasteiger partial charge in [0.1, 0.15) is 17.3 Å². The largest absolute Gasteiger partial charge is 0.494 e. The molecule has 0 radical (unpaired) electrons. The van der Waals surface area contributed by atoms with Crippen LogP contribution in [0.5, 0.6) is 5.88 Å². The van der Waals surface area contributed by atoms with Crippen LogP contribution < -0.4 is 16.6 Å². The molecular formula is C20H23FN6O3. The van der Waals surface area contributed by atoms with Crippen molar-refractivity contribution in [3.8, 4) is 17.1 Å². The number of aromatic nitrogens is 4. The molecule has 3 heterocycles. The van der Waals surface area contributed by atoms with Crippen LogP contribution >= 0.6 is 0 Å². The summed E-state index contributed by atoms with van der Waals surface area (Å²) < 4.78 is 16.2. The third kappa shape index (κ3) is 3.60. The molecule has 9 nitrogen and oxygen atoms in total. The SMILES string of the molecule is CC(C)(C)Cn1c(O)c(C(=O)NC2CC2)c(=O)n2nc(-c3cc(F)cnc3N)cc12. The standard InChI is InChI=1S/C20H23FN6O3/c1-20(2,3)9-26-14-7-13(12-6-10(21)8-23-16(12)22)25-27(14)19(30)15(18(26)29)17(28)24-11-4-5-11/h6-8,11,29H,4-5,9H2,1-3H3,(H2,22,23)(H,24,28). The molecule has 0 aliphatic heterocycles. The number of carbonyl (C=O) groups excluding carboxylic acids is 1. The summed E-state index contributed by atoms with van der Waals surface area (Å²) in [5, 5.41) is 17.9. The zero-order chi connectivity index (χ0) is 21.8. The van der Waals surface area contributed by atoms with E-state index in [0.717, 1.165) is 23.6 Å². The van der Waals surface area contributed by atoms with E-state index in [1.165, 1.54) is 16.7 Å². The highest BCUT2D eigenvalue weighted by Crippen LogP contribution is 2.29. The quantitative estimate of drug-likeness (QED) is 0.599. The number of amides is 1. The van der Waals surface area contributed by atoms with E-state index in [1.54, 1.807) is 0 Å². The summed E-state index contributed by atoms with van der Waals surface area (Å²) in [5.41, 5.74) is 5.11. The monoisotopic (exact) mass is 414 g/mol. The van der Waals surface area contributed by atoms with Crippen LogP contribution in [0.4, 0.5) is 10.2 Å². The second kappa shape index (κ2) is 6.82. The lowest BCUT2D eigenvalue weighted by atomic mass is 9.96. The number of nitrogens with one attached hydrogen (secondary N) is 1. The Labute approximate surface area is 171 Å². The first kappa shape index (κ1) is 19.9. The minimum absolute atomic E-state index is 0.00871. The first-order valence-corrected chi connectivity index (χ1v) is 9.63. The molecule has 1 saturated carbocycles. The third-order valence-electron chi connectivity index (χ3n) is 4.79. The van der Waals surface area contributed by atoms with E-state index in [4.69, 9.17) is 5.73 Å². The lowest BCUT2D eigenvalue weighted by Crippen LogP contribution is -2.35. The summed E-state index contributed by atoms with van der Waals surface area (Å²) >= 11 is 0. The van der Waals surface area contributed by atoms with Gasteiger partial charge in [-0.15, -0.1) is 0 Å². The van der Waals surface area contributed by atoms with Crippen LogP contribution in [0.1, 0.15) is 44.0 Å². The molecule has 0 unspecified atom stereocenters. The van der Waals surface area contributed by atoms with Crippen LogP contribution in [0.3, 0.4) is 0 Å². The van der Waals surface area contributed by atoms with Gasteiger partial charge in [-0.1, -0.05) is 20.8 Å². The van der Waals surface area contributed by atoms with Gasteiger partial charge in [0.05, 0.1) is 11.9 Å². The van der Waals surface area contributed by atoms with Crippen LogP contribution in [0.2, 0.25) is 0 Å². The minimum Gasteiger partial charge on any atom is -0.494 e. The number of hydrogen-bond donors (Lipinski definition) is 3. The number of pyridine rings is 1. The van der Waals surface area contributed by atoms with Gasteiger partial charge in [-0.2, -0.15) is 9.61 Å². The minimum atomic E-state index is -0.764. The average molecular weight is 414 g/mol. The molecule has 3 aromatic rings. The van der Waals surface area contributed by atoms with Crippen molar-refractivity contribution in [2.75, 3.05) is 5.73 Å². The topological polar surface area (TPSA) is 128 Å². The van der Waals surface area contributed by atoms with Crippen LogP contribution in [-0.4, -0.2) is 36.2 Å². The van der Waals surface area contributed by atoms with Crippen LogP contribution in [0.25, 0.3) is 16.9 Å². The van der Waals surface area contributed by atoms with Gasteiger partial charge in [0, 0.05) is 24.2 Å². The number of fused-ring (bicyclic) bond motifs is 1. The molecule has 0 atom stereocenters. The molecule has 158 valence electrons. The summed E-state index contributed by atoms with van der Waals surface area (Å²) in [7, 11) is 0. The molecular weight excluding hydrogens is 391 g/mol. The van der Waals surface area contributed by atoms with Gasteiger partial charge in [-0.05, 0) is 24.3 Å². The van der Waals surface area contributed by atoms with E-state index >= 15 is 0 Å². The Bertz CT molecular complexity index is 1220. The molecule has 4 N–H and O–H groups in total. The van der Waals surface area contributed by atoms with Gasteiger partial charge in [0.15, 0.2) is 5.56 Å². The molecule has 1 aliphatic rings. The number of rotatable bonds is 4. The van der Waals surface area contributed by atoms with E-state index < -0.39 is 23.2 Å². The van der Waals surface area contributed by atoms with Crippen molar-refractivity contribution < 1.29 is 14.3 Å². The molecule has 1 aliphatic carbocycles. The zero-order valence-electron chi connectivity index (χ0n) is 16.9. The highest BCUT2D eigenvalue weighted by molar-refractivity contribution is 5.96. The van der Waals surface area contributed by atoms with Crippen molar-refractivity contribution in [3.05, 3.63) is 40.1 Å². The average Bonchev–Trinajstić information content (AvgIpc) is 3.34. The summed E-state index contributed by atoms with van der Waals surface area (Å²) in [5.74, 6) is -1.63. The van der Waals surface area contributed by atoms with Gasteiger partial charge < -0.3 is 16.2 Å². The fraction of sp³-hybridized carbons (Fsp3) is 0.400. The summed E-state index contributed by atoms with van der Waals surface area (Å²) in [4.78, 5) is 29.5. The van der Waals surface area contributed by atoms with Gasteiger partial charge in [0.2, 0.25) is 5.88 Å². The lowest BCUT2D eigenvalue weighted by molar-refractivity contribution is 0.0944. The van der Waals surface area contributed by atoms with Crippen molar-refractivity contribution >= 4 is 17.4 Å². The molecule has 30 heavy (non-hydrogen) atoms. The van der Waals surface area contributed by atoms with Crippen molar-refractivity contribution in [1.29, 1.82) is 0 Å². The first-order chi connectivity index (χ1) is 14.0. The number of hydrogen-bond acceptors (Lipinski definition) is 6. The smallest absolute Gasteiger partial charge is 0.291 e. The highest BCUT2D eigenvalue weighted by Gasteiger charge is 2.30. The maximum absolute atomic E-state index is 13.7. The van der Waals surface area contributed by atoms with Crippen LogP contribution in [-0.2, 0) is 6.54 Å². The second-order valence-electron chi connectivity index (χ2n) is 8.78. The van der Waals surface area contributed by atoms with Crippen molar-refractivity contribution in [2.45, 2.75) is 46.2 Å². The van der Waals surface area contributed by atoms with Crippen molar-refractivity contribution in [1.82, 2.24) is 24.5 Å². The van der Waals surface area contributed by atoms with Crippen molar-refractivity contribution in [2.24, 2.45) is 5.41 Å². The normalized spacial score (nSPS) is 14.3. The fourth-order valence-electron chi connectivity index (χ4n) is 3.26. The predicted molar refractivity (Wildman–Crippen MR) is 109 cm³/mol. The van der Waals surface area contributed by atoms with Crippen LogP contribution in [0, 0.1) is 11.2 Å². The van der Waals surface area contributed by atoms with Gasteiger partial charge in [-0.3, -0.25) is 14.2 Å². The van der Waals surface area contributed by atoms with Gasteiger partial charge in [0.25, 0.3) is 11.5 Å². The Morgan fingerprint density at radius 2 is 2.07 bits per heavy atom. The summed E-state index contributed by atoms with van der Waals surface area (Å²) in [6.45, 7) is 6.17. The lowest BCUT2D eigenvalue weighted by Gasteiger charge is -2.23. The Morgan fingerprint density at radius 1 is 1.37 bits per heavy atom. The maximum Gasteiger partial charge on any atom is 0.291 e. The Morgan fingerprint density at radius 3 is 2.70 bits per heavy atom. The van der Waals surface area contributed by atoms with E-state index in [9.17, 15) is 19.1 Å². The fourth-order valence-corrected chi connectivity index (χ4v) is 3.26. The van der Waals surface area contributed by atoms with E-state index in [0.29, 0.717) is 6.54 Å². The number of halogens is 1. The van der Waals surface area contributed by atoms with Crippen LogP contribution in [0.15, 0.2) is 23.1 Å². The Balaban J connectivity index is 1.97. The number of nitrogens with two attached hydrogens (primary N) is 1. The maximum atomic E-state index is 13.7. The van der Waals surface area contributed by atoms with Crippen molar-refractivity contribution in [3.63, 3.8) is 0 Å². The van der Waals surface area contributed by atoms with E-state index in [1.807, 2.05) is 20.8 Å². The number of nitrogens with zero attached hydrogens (tertiary/aromatic N) is 4. The Kier molecular flexibility index (Phi) is 4.52. The molecule has 4 rings (SSSR count). The Hall–Kier alpha value is -3.43. The first-order valence-electron chi connectivity index (χ1n) is 9.63. The zero-order valence-corrected chi connectivity index (χ0v) is 16.9. The molecule has 1 fully saturated rings. The molecule has 10 heteroatoms. The number of carbonyl (C=O) groups is 1. The molecule has 0 saturated heterocycles. The van der Waals surface area contributed by atoms with Gasteiger partial charge in [-0.25, -0.2) is 9.37 Å². The third-order valence-corrected chi connectivity index (χ3v) is 4.79. The van der Waals surface area contributed by atoms with E-state index in [-0.39, 0.29) is 39.7 Å². The number of nitrogen functional groups attached to an aromatic ring is 1. The number of aromatic hydroxyl groups is 1. The number of anilines is 1.